The van der Waals surface area contributed by atoms with Crippen LogP contribution in [0.5, 0.6) is 5.75 Å². The minimum atomic E-state index is -0.483. The van der Waals surface area contributed by atoms with Gasteiger partial charge in [0.05, 0.1) is 11.3 Å². The van der Waals surface area contributed by atoms with Crippen molar-refractivity contribution in [3.8, 4) is 5.75 Å². The van der Waals surface area contributed by atoms with Crippen LogP contribution >= 0.6 is 23.1 Å². The zero-order valence-electron chi connectivity index (χ0n) is 8.23. The first-order valence-corrected chi connectivity index (χ1v) is 5.82. The summed E-state index contributed by atoms with van der Waals surface area (Å²) in [6.45, 7) is 4.11. The molecule has 1 aromatic heterocycles. The Balaban J connectivity index is 2.87. The third-order valence-electron chi connectivity index (χ3n) is 1.41. The molecule has 1 rings (SSSR count). The summed E-state index contributed by atoms with van der Waals surface area (Å²) in [4.78, 5) is 11.4. The second-order valence-electron chi connectivity index (χ2n) is 2.94. The fraction of sp³-hybridized carbons (Fsp3) is 0.444. The molecule has 0 saturated heterocycles. The van der Waals surface area contributed by atoms with Crippen LogP contribution in [0.2, 0.25) is 0 Å². The standard InChI is InChI=1S/C9H12O3S2/c1-5(2)13-7-4-6(10)8(14-7)9(11)12-3/h4-5,10H,1-3H3. The Hall–Kier alpha value is -0.680. The Labute approximate surface area is 91.1 Å². The number of hydrogen-bond donors (Lipinski definition) is 1. The molecule has 0 saturated carbocycles. The number of ether oxygens (including phenoxy) is 1. The molecule has 1 N–H and O–H groups in total. The lowest BCUT2D eigenvalue weighted by Crippen LogP contribution is -1.97. The molecule has 0 aromatic carbocycles. The first-order chi connectivity index (χ1) is 6.54. The van der Waals surface area contributed by atoms with Crippen LogP contribution in [0.25, 0.3) is 0 Å². The maximum atomic E-state index is 11.2. The zero-order valence-corrected chi connectivity index (χ0v) is 9.87. The third-order valence-corrected chi connectivity index (χ3v) is 3.67. The van der Waals surface area contributed by atoms with Crippen molar-refractivity contribution < 1.29 is 14.6 Å². The van der Waals surface area contributed by atoms with E-state index in [9.17, 15) is 9.90 Å². The quantitative estimate of drug-likeness (QED) is 0.643. The molecule has 0 aliphatic rings. The molecule has 0 aliphatic heterocycles. The molecule has 0 bridgehead atoms. The summed E-state index contributed by atoms with van der Waals surface area (Å²) in [5, 5.41) is 9.87. The molecule has 0 aliphatic carbocycles. The minimum absolute atomic E-state index is 0.00463. The van der Waals surface area contributed by atoms with E-state index in [1.807, 2.05) is 0 Å². The number of methoxy groups -OCH3 is 1. The third kappa shape index (κ3) is 2.65. The highest BCUT2D eigenvalue weighted by molar-refractivity contribution is 8.01. The number of thiophene rings is 1. The first-order valence-electron chi connectivity index (χ1n) is 4.12. The molecular weight excluding hydrogens is 220 g/mol. The van der Waals surface area contributed by atoms with Crippen molar-refractivity contribution in [1.29, 1.82) is 0 Å². The molecule has 1 heterocycles. The van der Waals surface area contributed by atoms with Gasteiger partial charge in [0.2, 0.25) is 0 Å². The highest BCUT2D eigenvalue weighted by Gasteiger charge is 2.16. The topological polar surface area (TPSA) is 46.5 Å². The normalized spacial score (nSPS) is 10.6. The smallest absolute Gasteiger partial charge is 0.351 e. The summed E-state index contributed by atoms with van der Waals surface area (Å²) >= 11 is 2.87. The van der Waals surface area contributed by atoms with Crippen LogP contribution in [0.1, 0.15) is 23.5 Å². The minimum Gasteiger partial charge on any atom is -0.506 e. The van der Waals surface area contributed by atoms with Gasteiger partial charge in [0.15, 0.2) is 4.88 Å². The van der Waals surface area contributed by atoms with E-state index in [1.54, 1.807) is 17.8 Å². The lowest BCUT2D eigenvalue weighted by Gasteiger charge is -1.98. The fourth-order valence-corrected chi connectivity index (χ4v) is 3.25. The van der Waals surface area contributed by atoms with Gasteiger partial charge in [-0.2, -0.15) is 0 Å². The predicted octanol–water partition coefficient (Wildman–Crippen LogP) is 2.74. The van der Waals surface area contributed by atoms with E-state index in [0.717, 1.165) is 4.21 Å². The van der Waals surface area contributed by atoms with Crippen molar-refractivity contribution in [2.75, 3.05) is 7.11 Å². The van der Waals surface area contributed by atoms with E-state index in [1.165, 1.54) is 18.4 Å². The van der Waals surface area contributed by atoms with Crippen LogP contribution in [0, 0.1) is 0 Å². The highest BCUT2D eigenvalue weighted by Crippen LogP contribution is 2.37. The number of thioether (sulfide) groups is 1. The van der Waals surface area contributed by atoms with Crippen molar-refractivity contribution in [2.45, 2.75) is 23.3 Å². The van der Waals surface area contributed by atoms with Gasteiger partial charge in [-0.1, -0.05) is 13.8 Å². The van der Waals surface area contributed by atoms with E-state index < -0.39 is 5.97 Å². The van der Waals surface area contributed by atoms with Crippen LogP contribution in [0.4, 0.5) is 0 Å². The molecule has 5 heteroatoms. The lowest BCUT2D eigenvalue weighted by atomic mass is 10.4. The Morgan fingerprint density at radius 3 is 2.79 bits per heavy atom. The van der Waals surface area contributed by atoms with Gasteiger partial charge in [-0.05, 0) is 0 Å². The first kappa shape index (κ1) is 11.4. The number of rotatable bonds is 3. The van der Waals surface area contributed by atoms with Crippen molar-refractivity contribution in [1.82, 2.24) is 0 Å². The van der Waals surface area contributed by atoms with Gasteiger partial charge in [-0.3, -0.25) is 0 Å². The molecule has 0 amide bonds. The highest BCUT2D eigenvalue weighted by atomic mass is 32.2. The number of esters is 1. The van der Waals surface area contributed by atoms with Crippen LogP contribution < -0.4 is 0 Å². The fourth-order valence-electron chi connectivity index (χ4n) is 0.889. The lowest BCUT2D eigenvalue weighted by molar-refractivity contribution is 0.0603. The maximum absolute atomic E-state index is 11.2. The van der Waals surface area contributed by atoms with Crippen LogP contribution in [0.3, 0.4) is 0 Å². The van der Waals surface area contributed by atoms with Crippen LogP contribution in [0.15, 0.2) is 10.3 Å². The Kier molecular flexibility index (Phi) is 3.83. The van der Waals surface area contributed by atoms with Gasteiger partial charge in [0.1, 0.15) is 5.75 Å². The van der Waals surface area contributed by atoms with Gasteiger partial charge in [-0.15, -0.1) is 23.1 Å². The average Bonchev–Trinajstić information content (AvgIpc) is 2.44. The largest absolute Gasteiger partial charge is 0.506 e. The van der Waals surface area contributed by atoms with Crippen molar-refractivity contribution in [3.63, 3.8) is 0 Å². The SMILES string of the molecule is COC(=O)c1sc(SC(C)C)cc1O. The van der Waals surface area contributed by atoms with Gasteiger partial charge >= 0.3 is 5.97 Å². The summed E-state index contributed by atoms with van der Waals surface area (Å²) < 4.78 is 5.47. The summed E-state index contributed by atoms with van der Waals surface area (Å²) in [5.74, 6) is -0.479. The van der Waals surface area contributed by atoms with E-state index in [0.29, 0.717) is 5.25 Å². The molecule has 78 valence electrons. The van der Waals surface area contributed by atoms with E-state index >= 15 is 0 Å². The zero-order chi connectivity index (χ0) is 10.7. The monoisotopic (exact) mass is 232 g/mol. The van der Waals surface area contributed by atoms with E-state index in [4.69, 9.17) is 0 Å². The molecule has 0 unspecified atom stereocenters. The van der Waals surface area contributed by atoms with Gasteiger partial charge in [0.25, 0.3) is 0 Å². The molecular formula is C9H12O3S2. The van der Waals surface area contributed by atoms with Crippen LogP contribution in [-0.2, 0) is 4.74 Å². The number of carbonyl (C=O) groups is 1. The van der Waals surface area contributed by atoms with Crippen molar-refractivity contribution >= 4 is 29.1 Å². The van der Waals surface area contributed by atoms with Gasteiger partial charge in [0, 0.05) is 11.3 Å². The molecule has 0 fully saturated rings. The van der Waals surface area contributed by atoms with Crippen molar-refractivity contribution in [2.24, 2.45) is 0 Å². The summed E-state index contributed by atoms with van der Waals surface area (Å²) in [6, 6.07) is 1.60. The molecule has 14 heavy (non-hydrogen) atoms. The molecule has 0 spiro atoms. The second kappa shape index (κ2) is 4.70. The molecule has 1 aromatic rings. The second-order valence-corrected chi connectivity index (χ2v) is 5.87. The maximum Gasteiger partial charge on any atom is 0.351 e. The van der Waals surface area contributed by atoms with Crippen molar-refractivity contribution in [3.05, 3.63) is 10.9 Å². The molecule has 0 atom stereocenters. The van der Waals surface area contributed by atoms with Gasteiger partial charge in [-0.25, -0.2) is 4.79 Å². The summed E-state index contributed by atoms with van der Waals surface area (Å²) in [7, 11) is 1.30. The molecule has 0 radical (unpaired) electrons. The van der Waals surface area contributed by atoms with E-state index in [-0.39, 0.29) is 10.6 Å². The number of carbonyl (C=O) groups excluding carboxylic acids is 1. The van der Waals surface area contributed by atoms with Crippen LogP contribution in [-0.4, -0.2) is 23.4 Å². The summed E-state index contributed by atoms with van der Waals surface area (Å²) in [6.07, 6.45) is 0. The van der Waals surface area contributed by atoms with E-state index in [2.05, 4.69) is 18.6 Å². The average molecular weight is 232 g/mol. The van der Waals surface area contributed by atoms with Gasteiger partial charge < -0.3 is 9.84 Å². The molecule has 3 nitrogen and oxygen atoms in total. The Morgan fingerprint density at radius 2 is 2.29 bits per heavy atom. The number of aromatic hydroxyl groups is 1. The predicted molar refractivity (Wildman–Crippen MR) is 58.3 cm³/mol. The summed E-state index contributed by atoms with van der Waals surface area (Å²) in [5.41, 5.74) is 0. The Morgan fingerprint density at radius 1 is 1.64 bits per heavy atom. The Bertz CT molecular complexity index is 331. The number of hydrogen-bond acceptors (Lipinski definition) is 5.